The van der Waals surface area contributed by atoms with Crippen molar-refractivity contribution in [3.8, 4) is 0 Å². The van der Waals surface area contributed by atoms with Gasteiger partial charge in [-0.25, -0.2) is 24.9 Å². The molecular formula is C40H73N13. The molecule has 13 heteroatoms. The molecule has 0 atom stereocenters. The van der Waals surface area contributed by atoms with E-state index in [0.29, 0.717) is 12.1 Å². The first kappa shape index (κ1) is 45.7. The first-order chi connectivity index (χ1) is 26.2. The summed E-state index contributed by atoms with van der Waals surface area (Å²) in [5.74, 6) is 3.51. The molecule has 4 aliphatic rings. The Morgan fingerprint density at radius 2 is 1.08 bits per heavy atom. The van der Waals surface area contributed by atoms with Crippen LogP contribution in [0.25, 0.3) is 0 Å². The van der Waals surface area contributed by atoms with Crippen LogP contribution >= 0.6 is 0 Å². The van der Waals surface area contributed by atoms with Crippen LogP contribution in [0.4, 0.5) is 17.7 Å². The molecule has 298 valence electrons. The van der Waals surface area contributed by atoms with Gasteiger partial charge in [-0.15, -0.1) is 0 Å². The number of aromatic nitrogens is 5. The van der Waals surface area contributed by atoms with Crippen molar-refractivity contribution in [2.45, 2.75) is 85.2 Å². The van der Waals surface area contributed by atoms with Gasteiger partial charge in [0.15, 0.2) is 0 Å². The fourth-order valence-corrected chi connectivity index (χ4v) is 6.16. The van der Waals surface area contributed by atoms with Gasteiger partial charge in [0.1, 0.15) is 5.82 Å². The molecule has 0 unspecified atom stereocenters. The van der Waals surface area contributed by atoms with Gasteiger partial charge in [0.25, 0.3) is 0 Å². The SMILES string of the molecule is CC.CC.CCNC.c1ccc(NC2CCNCC2)nc1.c1cnc(N2CCN(CC3CCNCC3)CC2)nc1.c1cnc(NC2CCNCC2)nc1. The summed E-state index contributed by atoms with van der Waals surface area (Å²) in [5.41, 5.74) is 0. The van der Waals surface area contributed by atoms with Gasteiger partial charge in [-0.1, -0.05) is 40.7 Å². The van der Waals surface area contributed by atoms with Crippen LogP contribution in [0.15, 0.2) is 61.3 Å². The number of piperazine rings is 1. The highest BCUT2D eigenvalue weighted by Crippen LogP contribution is 2.16. The topological polar surface area (TPSA) is 143 Å². The van der Waals surface area contributed by atoms with Crippen LogP contribution in [0.2, 0.25) is 0 Å². The largest absolute Gasteiger partial charge is 0.367 e. The van der Waals surface area contributed by atoms with Crippen molar-refractivity contribution in [1.82, 2.24) is 51.1 Å². The molecule has 0 aliphatic carbocycles. The Labute approximate surface area is 321 Å². The lowest BCUT2D eigenvalue weighted by Crippen LogP contribution is -2.49. The molecule has 7 rings (SSSR count). The van der Waals surface area contributed by atoms with E-state index in [-0.39, 0.29) is 0 Å². The average molecular weight is 736 g/mol. The van der Waals surface area contributed by atoms with Crippen molar-refractivity contribution in [1.29, 1.82) is 0 Å². The van der Waals surface area contributed by atoms with E-state index < -0.39 is 0 Å². The van der Waals surface area contributed by atoms with E-state index >= 15 is 0 Å². The molecule has 0 bridgehead atoms. The zero-order valence-electron chi connectivity index (χ0n) is 33.9. The number of hydrogen-bond acceptors (Lipinski definition) is 13. The highest BCUT2D eigenvalue weighted by atomic mass is 15.3. The van der Waals surface area contributed by atoms with Gasteiger partial charge in [0, 0.05) is 75.8 Å². The Hall–Kier alpha value is -3.49. The summed E-state index contributed by atoms with van der Waals surface area (Å²) < 4.78 is 0. The maximum absolute atomic E-state index is 4.33. The van der Waals surface area contributed by atoms with Crippen molar-refractivity contribution in [3.05, 3.63) is 61.3 Å². The van der Waals surface area contributed by atoms with Crippen LogP contribution < -0.4 is 36.8 Å². The number of anilines is 3. The highest BCUT2D eigenvalue weighted by Gasteiger charge is 2.22. The van der Waals surface area contributed by atoms with Gasteiger partial charge in [0.2, 0.25) is 11.9 Å². The van der Waals surface area contributed by atoms with Gasteiger partial charge in [-0.2, -0.15) is 0 Å². The molecule has 0 amide bonds. The molecule has 0 radical (unpaired) electrons. The standard InChI is InChI=1S/C14H23N5.C10H15N3.C9H14N4.C3H9N.2C2H6/c1-4-16-14(17-5-1)19-10-8-18(9-11-19)12-13-2-6-15-7-3-13;1-2-6-12-10(3-1)13-9-4-7-11-8-5-9;1-4-11-9(12-5-1)13-8-2-6-10-7-3-8;1-3-4-2;2*1-2/h1,4-5,13,15H,2-3,6-12H2;1-3,6,9,11H,4-5,7-8H2,(H,12,13);1,4-5,8,10H,2-3,6-7H2,(H,11,12,13);4H,3H2,1-2H3;2*1-2H3. The smallest absolute Gasteiger partial charge is 0.225 e. The molecule has 53 heavy (non-hydrogen) atoms. The van der Waals surface area contributed by atoms with Crippen LogP contribution in [0.5, 0.6) is 0 Å². The minimum Gasteiger partial charge on any atom is -0.367 e. The second-order valence-electron chi connectivity index (χ2n) is 12.9. The summed E-state index contributed by atoms with van der Waals surface area (Å²) in [5, 5.41) is 19.8. The molecule has 3 aromatic rings. The molecule has 13 nitrogen and oxygen atoms in total. The first-order valence-electron chi connectivity index (χ1n) is 20.5. The number of pyridine rings is 1. The van der Waals surface area contributed by atoms with E-state index in [1.54, 1.807) is 12.4 Å². The predicted molar refractivity (Wildman–Crippen MR) is 224 cm³/mol. The van der Waals surface area contributed by atoms with Crippen LogP contribution in [0.3, 0.4) is 0 Å². The molecule has 6 N–H and O–H groups in total. The van der Waals surface area contributed by atoms with E-state index in [9.17, 15) is 0 Å². The molecule has 3 aromatic heterocycles. The highest BCUT2D eigenvalue weighted by molar-refractivity contribution is 5.34. The Balaban J connectivity index is 0.000000255. The number of nitrogens with one attached hydrogen (secondary N) is 6. The van der Waals surface area contributed by atoms with Gasteiger partial charge in [-0.05, 0) is 122 Å². The predicted octanol–water partition coefficient (Wildman–Crippen LogP) is 4.76. The van der Waals surface area contributed by atoms with Gasteiger partial charge >= 0.3 is 0 Å². The Morgan fingerprint density at radius 3 is 1.57 bits per heavy atom. The van der Waals surface area contributed by atoms with Crippen molar-refractivity contribution >= 4 is 17.7 Å². The summed E-state index contributed by atoms with van der Waals surface area (Å²) in [7, 11) is 1.93. The van der Waals surface area contributed by atoms with E-state index in [1.807, 2.05) is 83.7 Å². The van der Waals surface area contributed by atoms with Crippen LogP contribution in [0, 0.1) is 5.92 Å². The van der Waals surface area contributed by atoms with Crippen LogP contribution in [-0.2, 0) is 0 Å². The van der Waals surface area contributed by atoms with Crippen LogP contribution in [0.1, 0.15) is 73.1 Å². The Kier molecular flexibility index (Phi) is 26.6. The molecule has 0 spiro atoms. The maximum atomic E-state index is 4.33. The maximum Gasteiger partial charge on any atom is 0.225 e. The summed E-state index contributed by atoms with van der Waals surface area (Å²) >= 11 is 0. The second kappa shape index (κ2) is 30.9. The van der Waals surface area contributed by atoms with Gasteiger partial charge in [-0.3, -0.25) is 4.90 Å². The number of nitrogens with zero attached hydrogens (tertiary/aromatic N) is 7. The normalized spacial score (nSPS) is 18.0. The lowest BCUT2D eigenvalue weighted by Gasteiger charge is -2.37. The third kappa shape index (κ3) is 20.5. The van der Waals surface area contributed by atoms with Gasteiger partial charge < -0.3 is 36.8 Å². The van der Waals surface area contributed by atoms with Crippen molar-refractivity contribution in [2.75, 3.05) is 101 Å². The van der Waals surface area contributed by atoms with Crippen molar-refractivity contribution < 1.29 is 0 Å². The second-order valence-corrected chi connectivity index (χ2v) is 12.9. The average Bonchev–Trinajstić information content (AvgIpc) is 3.25. The van der Waals surface area contributed by atoms with E-state index in [4.69, 9.17) is 0 Å². The molecular weight excluding hydrogens is 663 g/mol. The minimum atomic E-state index is 0.531. The molecule has 0 aromatic carbocycles. The number of rotatable bonds is 8. The first-order valence-corrected chi connectivity index (χ1v) is 20.5. The third-order valence-corrected chi connectivity index (χ3v) is 9.13. The molecule has 4 fully saturated rings. The summed E-state index contributed by atoms with van der Waals surface area (Å²) in [6.45, 7) is 23.6. The van der Waals surface area contributed by atoms with E-state index in [1.165, 1.54) is 45.3 Å². The fraction of sp³-hybridized carbons (Fsp3) is 0.675. The molecule has 7 heterocycles. The zero-order valence-corrected chi connectivity index (χ0v) is 33.9. The van der Waals surface area contributed by atoms with E-state index in [2.05, 4.69) is 73.5 Å². The van der Waals surface area contributed by atoms with Crippen LogP contribution in [-0.4, -0.2) is 127 Å². The summed E-state index contributed by atoms with van der Waals surface area (Å²) in [6.07, 6.45) is 16.3. The summed E-state index contributed by atoms with van der Waals surface area (Å²) in [6, 6.07) is 10.8. The Bertz CT molecular complexity index is 1130. The number of hydrogen-bond donors (Lipinski definition) is 6. The zero-order chi connectivity index (χ0) is 38.2. The molecule has 0 saturated carbocycles. The van der Waals surface area contributed by atoms with Crippen molar-refractivity contribution in [3.63, 3.8) is 0 Å². The van der Waals surface area contributed by atoms with Crippen molar-refractivity contribution in [2.24, 2.45) is 5.92 Å². The third-order valence-electron chi connectivity index (χ3n) is 9.13. The van der Waals surface area contributed by atoms with E-state index in [0.717, 1.165) is 95.4 Å². The van der Waals surface area contributed by atoms with Gasteiger partial charge in [0.05, 0.1) is 0 Å². The molecule has 4 aliphatic heterocycles. The quantitative estimate of drug-likeness (QED) is 0.190. The molecule has 4 saturated heterocycles. The number of piperidine rings is 3. The lowest BCUT2D eigenvalue weighted by atomic mass is 9.97. The monoisotopic (exact) mass is 736 g/mol. The minimum absolute atomic E-state index is 0.531. The fourth-order valence-electron chi connectivity index (χ4n) is 6.16. The summed E-state index contributed by atoms with van der Waals surface area (Å²) in [4.78, 5) is 26.1. The Morgan fingerprint density at radius 1 is 0.604 bits per heavy atom. The lowest BCUT2D eigenvalue weighted by molar-refractivity contribution is 0.196.